The standard InChI is InChI=1S/C28H35FN4O3/c1-28(2,3)25(27(36)32-15-12-19(13-16-32)14-17-34)30-26(35)24-22-6-4-5-7-23(22)33(31-24)18-20-8-10-21(29)11-9-20/h4-11,19,25,34H,12-18H2,1-3H3,(H,30,35). The van der Waals surface area contributed by atoms with Crippen molar-refractivity contribution in [3.63, 3.8) is 0 Å². The van der Waals surface area contributed by atoms with Crippen LogP contribution >= 0.6 is 0 Å². The molecule has 1 aliphatic heterocycles. The molecule has 0 bridgehead atoms. The predicted octanol–water partition coefficient (Wildman–Crippen LogP) is 3.99. The van der Waals surface area contributed by atoms with Crippen molar-refractivity contribution in [2.24, 2.45) is 11.3 Å². The van der Waals surface area contributed by atoms with Gasteiger partial charge in [-0.25, -0.2) is 4.39 Å². The van der Waals surface area contributed by atoms with Gasteiger partial charge in [0.15, 0.2) is 5.69 Å². The number of amides is 2. The van der Waals surface area contributed by atoms with Crippen LogP contribution < -0.4 is 5.32 Å². The molecule has 1 atom stereocenters. The van der Waals surface area contributed by atoms with Crippen molar-refractivity contribution in [1.82, 2.24) is 20.0 Å². The predicted molar refractivity (Wildman–Crippen MR) is 137 cm³/mol. The van der Waals surface area contributed by atoms with Gasteiger partial charge in [0.05, 0.1) is 12.1 Å². The van der Waals surface area contributed by atoms with E-state index in [2.05, 4.69) is 10.4 Å². The van der Waals surface area contributed by atoms with Crippen molar-refractivity contribution >= 4 is 22.7 Å². The van der Waals surface area contributed by atoms with Crippen LogP contribution in [-0.4, -0.2) is 57.3 Å². The van der Waals surface area contributed by atoms with E-state index in [0.29, 0.717) is 30.9 Å². The number of hydrogen-bond acceptors (Lipinski definition) is 4. The van der Waals surface area contributed by atoms with Gasteiger partial charge in [-0.1, -0.05) is 51.1 Å². The minimum Gasteiger partial charge on any atom is -0.396 e. The number of nitrogens with zero attached hydrogens (tertiary/aromatic N) is 3. The maximum absolute atomic E-state index is 13.5. The summed E-state index contributed by atoms with van der Waals surface area (Å²) in [7, 11) is 0. The Kier molecular flexibility index (Phi) is 7.73. The van der Waals surface area contributed by atoms with Gasteiger partial charge in [-0.05, 0) is 54.4 Å². The second-order valence-electron chi connectivity index (χ2n) is 10.7. The molecule has 2 heterocycles. The average molecular weight is 495 g/mol. The van der Waals surface area contributed by atoms with Gasteiger partial charge < -0.3 is 15.3 Å². The molecule has 0 aliphatic carbocycles. The molecule has 1 unspecified atom stereocenters. The molecule has 3 aromatic rings. The van der Waals surface area contributed by atoms with E-state index in [1.807, 2.05) is 49.9 Å². The van der Waals surface area contributed by atoms with Gasteiger partial charge in [0.2, 0.25) is 5.91 Å². The SMILES string of the molecule is CC(C)(C)C(NC(=O)c1nn(Cc2ccc(F)cc2)c2ccccc12)C(=O)N1CCC(CCO)CC1. The van der Waals surface area contributed by atoms with Crippen LogP contribution in [0.25, 0.3) is 10.9 Å². The monoisotopic (exact) mass is 494 g/mol. The van der Waals surface area contributed by atoms with Crippen LogP contribution in [0.5, 0.6) is 0 Å². The van der Waals surface area contributed by atoms with Crippen molar-refractivity contribution in [2.45, 2.75) is 52.6 Å². The minimum atomic E-state index is -0.708. The number of para-hydroxylation sites is 1. The van der Waals surface area contributed by atoms with E-state index in [-0.39, 0.29) is 24.0 Å². The minimum absolute atomic E-state index is 0.0895. The number of carbonyl (C=O) groups is 2. The second kappa shape index (κ2) is 10.8. The van der Waals surface area contributed by atoms with Crippen LogP contribution in [0.15, 0.2) is 48.5 Å². The highest BCUT2D eigenvalue weighted by Gasteiger charge is 2.37. The van der Waals surface area contributed by atoms with E-state index in [1.165, 1.54) is 12.1 Å². The van der Waals surface area contributed by atoms with Crippen molar-refractivity contribution < 1.29 is 19.1 Å². The fourth-order valence-corrected chi connectivity index (χ4v) is 4.83. The van der Waals surface area contributed by atoms with Gasteiger partial charge in [0, 0.05) is 25.1 Å². The van der Waals surface area contributed by atoms with Crippen LogP contribution in [0.2, 0.25) is 0 Å². The largest absolute Gasteiger partial charge is 0.396 e. The fourth-order valence-electron chi connectivity index (χ4n) is 4.83. The summed E-state index contributed by atoms with van der Waals surface area (Å²) < 4.78 is 15.1. The Balaban J connectivity index is 1.56. The number of aliphatic hydroxyl groups excluding tert-OH is 1. The number of rotatable bonds is 7. The number of aliphatic hydroxyl groups is 1. The third-order valence-electron chi connectivity index (χ3n) is 6.97. The Morgan fingerprint density at radius 1 is 1.11 bits per heavy atom. The van der Waals surface area contributed by atoms with Crippen LogP contribution in [-0.2, 0) is 11.3 Å². The van der Waals surface area contributed by atoms with E-state index in [4.69, 9.17) is 0 Å². The lowest BCUT2D eigenvalue weighted by atomic mass is 9.84. The van der Waals surface area contributed by atoms with Gasteiger partial charge in [-0.2, -0.15) is 5.10 Å². The number of hydrogen-bond donors (Lipinski definition) is 2. The highest BCUT2D eigenvalue weighted by Crippen LogP contribution is 2.27. The van der Waals surface area contributed by atoms with Crippen LogP contribution in [0.1, 0.15) is 56.1 Å². The molecule has 4 rings (SSSR count). The number of likely N-dealkylation sites (tertiary alicyclic amines) is 1. The van der Waals surface area contributed by atoms with Crippen molar-refractivity contribution in [1.29, 1.82) is 0 Å². The zero-order chi connectivity index (χ0) is 25.9. The maximum Gasteiger partial charge on any atom is 0.273 e. The summed E-state index contributed by atoms with van der Waals surface area (Å²) in [6.07, 6.45) is 2.47. The van der Waals surface area contributed by atoms with Crippen LogP contribution in [0.4, 0.5) is 4.39 Å². The first-order valence-electron chi connectivity index (χ1n) is 12.6. The Morgan fingerprint density at radius 3 is 2.42 bits per heavy atom. The molecule has 1 aliphatic rings. The molecule has 192 valence electrons. The molecule has 0 saturated carbocycles. The molecule has 0 radical (unpaired) electrons. The number of fused-ring (bicyclic) bond motifs is 1. The summed E-state index contributed by atoms with van der Waals surface area (Å²) in [6, 6.07) is 13.0. The van der Waals surface area contributed by atoms with E-state index >= 15 is 0 Å². The van der Waals surface area contributed by atoms with Gasteiger partial charge in [0.25, 0.3) is 5.91 Å². The molecule has 1 fully saturated rings. The van der Waals surface area contributed by atoms with E-state index in [9.17, 15) is 19.1 Å². The van der Waals surface area contributed by atoms with E-state index < -0.39 is 17.4 Å². The molecule has 36 heavy (non-hydrogen) atoms. The third-order valence-corrected chi connectivity index (χ3v) is 6.97. The summed E-state index contributed by atoms with van der Waals surface area (Å²) in [4.78, 5) is 28.9. The van der Waals surface area contributed by atoms with Crippen LogP contribution in [0.3, 0.4) is 0 Å². The first-order valence-corrected chi connectivity index (χ1v) is 12.6. The smallest absolute Gasteiger partial charge is 0.273 e. The lowest BCUT2D eigenvalue weighted by Crippen LogP contribution is -2.56. The molecule has 1 aromatic heterocycles. The first kappa shape index (κ1) is 25.8. The summed E-state index contributed by atoms with van der Waals surface area (Å²) >= 11 is 0. The number of halogens is 1. The number of benzene rings is 2. The molecule has 2 N–H and O–H groups in total. The highest BCUT2D eigenvalue weighted by atomic mass is 19.1. The van der Waals surface area contributed by atoms with Crippen molar-refractivity contribution in [3.05, 3.63) is 65.6 Å². The number of aromatic nitrogens is 2. The van der Waals surface area contributed by atoms with Crippen molar-refractivity contribution in [2.75, 3.05) is 19.7 Å². The number of carbonyl (C=O) groups excluding carboxylic acids is 2. The van der Waals surface area contributed by atoms with Gasteiger partial charge in [-0.15, -0.1) is 0 Å². The molecular formula is C28H35FN4O3. The van der Waals surface area contributed by atoms with Gasteiger partial charge >= 0.3 is 0 Å². The third kappa shape index (κ3) is 5.75. The average Bonchev–Trinajstić information content (AvgIpc) is 3.22. The maximum atomic E-state index is 13.5. The first-order chi connectivity index (χ1) is 17.2. The lowest BCUT2D eigenvalue weighted by molar-refractivity contribution is -0.137. The molecule has 8 heteroatoms. The quantitative estimate of drug-likeness (QED) is 0.520. The summed E-state index contributed by atoms with van der Waals surface area (Å²) in [5, 5.41) is 17.5. The van der Waals surface area contributed by atoms with E-state index in [0.717, 1.165) is 30.3 Å². The second-order valence-corrected chi connectivity index (χ2v) is 10.7. The number of piperidine rings is 1. The summed E-state index contributed by atoms with van der Waals surface area (Å²) in [5.41, 5.74) is 1.41. The zero-order valence-corrected chi connectivity index (χ0v) is 21.2. The summed E-state index contributed by atoms with van der Waals surface area (Å²) in [5.74, 6) is -0.362. The zero-order valence-electron chi connectivity index (χ0n) is 21.2. The van der Waals surface area contributed by atoms with Crippen LogP contribution in [0, 0.1) is 17.2 Å². The number of nitrogens with one attached hydrogen (secondary N) is 1. The Bertz CT molecular complexity index is 1210. The topological polar surface area (TPSA) is 87.5 Å². The molecule has 0 spiro atoms. The molecule has 1 saturated heterocycles. The fraction of sp³-hybridized carbons (Fsp3) is 0.464. The highest BCUT2D eigenvalue weighted by molar-refractivity contribution is 6.06. The molecule has 2 aromatic carbocycles. The molecule has 7 nitrogen and oxygen atoms in total. The Hall–Kier alpha value is -3.26. The van der Waals surface area contributed by atoms with Gasteiger partial charge in [0.1, 0.15) is 11.9 Å². The molecular weight excluding hydrogens is 459 g/mol. The summed E-state index contributed by atoms with van der Waals surface area (Å²) in [6.45, 7) is 7.64. The van der Waals surface area contributed by atoms with Gasteiger partial charge in [-0.3, -0.25) is 14.3 Å². The normalized spacial score (nSPS) is 15.8. The van der Waals surface area contributed by atoms with E-state index in [1.54, 1.807) is 16.8 Å². The Morgan fingerprint density at radius 2 is 1.78 bits per heavy atom. The van der Waals surface area contributed by atoms with Crippen molar-refractivity contribution in [3.8, 4) is 0 Å². The Labute approximate surface area is 211 Å². The lowest BCUT2D eigenvalue weighted by Gasteiger charge is -2.38. The molecule has 2 amide bonds.